The minimum atomic E-state index is -0.900. The Morgan fingerprint density at radius 1 is 1.12 bits per heavy atom. The van der Waals surface area contributed by atoms with Gasteiger partial charge in [-0.15, -0.1) is 0 Å². The monoisotopic (exact) mass is 452 g/mol. The second-order valence-electron chi connectivity index (χ2n) is 7.71. The SMILES string of the molecule is Cc1cc(N2C(=O)C(=O)C(=C(O)c3ccc(OC(C)C)cc3)[C@H]2c2ccc(Cl)cc2)no1. The van der Waals surface area contributed by atoms with Gasteiger partial charge in [-0.25, -0.2) is 0 Å². The Balaban J connectivity index is 1.85. The van der Waals surface area contributed by atoms with E-state index in [-0.39, 0.29) is 23.3 Å². The topological polar surface area (TPSA) is 92.9 Å². The van der Waals surface area contributed by atoms with Crippen molar-refractivity contribution in [3.63, 3.8) is 0 Å². The lowest BCUT2D eigenvalue weighted by atomic mass is 9.95. The van der Waals surface area contributed by atoms with Crippen molar-refractivity contribution in [2.75, 3.05) is 4.90 Å². The van der Waals surface area contributed by atoms with Gasteiger partial charge in [0, 0.05) is 16.7 Å². The number of hydrogen-bond donors (Lipinski definition) is 1. The molecule has 2 heterocycles. The van der Waals surface area contributed by atoms with Crippen LogP contribution in [0, 0.1) is 6.92 Å². The smallest absolute Gasteiger partial charge is 0.301 e. The van der Waals surface area contributed by atoms with Crippen LogP contribution in [0.1, 0.15) is 36.8 Å². The fraction of sp³-hybridized carbons (Fsp3) is 0.208. The molecule has 4 rings (SSSR count). The number of aromatic nitrogens is 1. The van der Waals surface area contributed by atoms with Crippen LogP contribution in [0.5, 0.6) is 5.75 Å². The first-order valence-corrected chi connectivity index (χ1v) is 10.4. The molecular formula is C24H21ClN2O5. The van der Waals surface area contributed by atoms with E-state index in [2.05, 4.69) is 5.16 Å². The molecule has 0 saturated carbocycles. The van der Waals surface area contributed by atoms with Crippen molar-refractivity contribution in [1.82, 2.24) is 5.16 Å². The number of anilines is 1. The molecular weight excluding hydrogens is 432 g/mol. The van der Waals surface area contributed by atoms with Gasteiger partial charge >= 0.3 is 5.91 Å². The van der Waals surface area contributed by atoms with E-state index in [0.717, 1.165) is 0 Å². The van der Waals surface area contributed by atoms with Gasteiger partial charge in [0.1, 0.15) is 17.3 Å². The van der Waals surface area contributed by atoms with Crippen LogP contribution in [0.25, 0.3) is 5.76 Å². The highest BCUT2D eigenvalue weighted by Gasteiger charge is 2.48. The minimum absolute atomic E-state index is 0.00408. The highest BCUT2D eigenvalue weighted by atomic mass is 35.5. The van der Waals surface area contributed by atoms with E-state index in [9.17, 15) is 14.7 Å². The lowest BCUT2D eigenvalue weighted by Gasteiger charge is -2.23. The van der Waals surface area contributed by atoms with Gasteiger partial charge in [0.15, 0.2) is 5.82 Å². The molecule has 8 heteroatoms. The van der Waals surface area contributed by atoms with Crippen molar-refractivity contribution in [2.24, 2.45) is 0 Å². The molecule has 0 bridgehead atoms. The van der Waals surface area contributed by atoms with Crippen LogP contribution in [0.2, 0.25) is 5.02 Å². The van der Waals surface area contributed by atoms with Gasteiger partial charge < -0.3 is 14.4 Å². The molecule has 3 aromatic rings. The van der Waals surface area contributed by atoms with E-state index >= 15 is 0 Å². The predicted octanol–water partition coefficient (Wildman–Crippen LogP) is 5.05. The maximum absolute atomic E-state index is 13.1. The molecule has 1 N–H and O–H groups in total. The van der Waals surface area contributed by atoms with Crippen LogP contribution in [-0.4, -0.2) is 28.1 Å². The van der Waals surface area contributed by atoms with E-state index in [0.29, 0.717) is 27.7 Å². The summed E-state index contributed by atoms with van der Waals surface area (Å²) >= 11 is 6.03. The number of carbonyl (C=O) groups excluding carboxylic acids is 2. The van der Waals surface area contributed by atoms with Crippen LogP contribution in [0.3, 0.4) is 0 Å². The fourth-order valence-corrected chi connectivity index (χ4v) is 3.74. The third-order valence-electron chi connectivity index (χ3n) is 4.99. The van der Waals surface area contributed by atoms with Crippen molar-refractivity contribution in [1.29, 1.82) is 0 Å². The first-order chi connectivity index (χ1) is 15.3. The Bertz CT molecular complexity index is 1200. The molecule has 1 saturated heterocycles. The number of amides is 1. The highest BCUT2D eigenvalue weighted by Crippen LogP contribution is 2.42. The molecule has 0 radical (unpaired) electrons. The van der Waals surface area contributed by atoms with Crippen LogP contribution in [0.15, 0.2) is 64.7 Å². The van der Waals surface area contributed by atoms with Crippen LogP contribution >= 0.6 is 11.6 Å². The average molecular weight is 453 g/mol. The number of hydrogen-bond acceptors (Lipinski definition) is 6. The summed E-state index contributed by atoms with van der Waals surface area (Å²) in [5.41, 5.74) is 0.931. The van der Waals surface area contributed by atoms with Crippen molar-refractivity contribution in [2.45, 2.75) is 32.9 Å². The van der Waals surface area contributed by atoms with E-state index in [1.54, 1.807) is 61.5 Å². The summed E-state index contributed by atoms with van der Waals surface area (Å²) in [6, 6.07) is 14.0. The first-order valence-electron chi connectivity index (χ1n) is 10.0. The van der Waals surface area contributed by atoms with Crippen LogP contribution in [0.4, 0.5) is 5.82 Å². The summed E-state index contributed by atoms with van der Waals surface area (Å²) in [7, 11) is 0. The molecule has 1 aromatic heterocycles. The quantitative estimate of drug-likeness (QED) is 0.331. The number of carbonyl (C=O) groups is 2. The zero-order valence-corrected chi connectivity index (χ0v) is 18.5. The van der Waals surface area contributed by atoms with Crippen LogP contribution in [-0.2, 0) is 9.59 Å². The molecule has 32 heavy (non-hydrogen) atoms. The average Bonchev–Trinajstić information content (AvgIpc) is 3.29. The normalized spacial score (nSPS) is 17.9. The number of ketones is 1. The molecule has 2 aromatic carbocycles. The molecule has 0 aliphatic carbocycles. The number of ether oxygens (including phenoxy) is 1. The predicted molar refractivity (Wildman–Crippen MR) is 120 cm³/mol. The second-order valence-corrected chi connectivity index (χ2v) is 8.14. The lowest BCUT2D eigenvalue weighted by Crippen LogP contribution is -2.29. The number of aliphatic hydroxyl groups excluding tert-OH is 1. The van der Waals surface area contributed by atoms with Gasteiger partial charge in [-0.05, 0) is 62.7 Å². The first kappa shape index (κ1) is 21.6. The standard InChI is InChI=1S/C24H21ClN2O5/c1-13(2)31-18-10-6-16(7-11-18)22(28)20-21(15-4-8-17(25)9-5-15)27(24(30)23(20)29)19-12-14(3)32-26-19/h4-13,21,28H,1-3H3/t21-/m1/s1. The summed E-state index contributed by atoms with van der Waals surface area (Å²) in [6.07, 6.45) is -0.00408. The Morgan fingerprint density at radius 2 is 1.78 bits per heavy atom. The fourth-order valence-electron chi connectivity index (χ4n) is 3.62. The molecule has 1 amide bonds. The second kappa shape index (κ2) is 8.51. The maximum atomic E-state index is 13.1. The third kappa shape index (κ3) is 3.99. The number of aryl methyl sites for hydroxylation is 1. The summed E-state index contributed by atoms with van der Waals surface area (Å²) in [5.74, 6) is -0.613. The van der Waals surface area contributed by atoms with E-state index in [1.807, 2.05) is 13.8 Å². The lowest BCUT2D eigenvalue weighted by molar-refractivity contribution is -0.132. The molecule has 0 unspecified atom stereocenters. The van der Waals surface area contributed by atoms with E-state index < -0.39 is 17.7 Å². The molecule has 7 nitrogen and oxygen atoms in total. The molecule has 1 fully saturated rings. The summed E-state index contributed by atoms with van der Waals surface area (Å²) in [4.78, 5) is 27.3. The van der Waals surface area contributed by atoms with Gasteiger partial charge in [0.25, 0.3) is 5.78 Å². The molecule has 164 valence electrons. The zero-order chi connectivity index (χ0) is 23.0. The number of rotatable bonds is 5. The van der Waals surface area contributed by atoms with Crippen LogP contribution < -0.4 is 9.64 Å². The summed E-state index contributed by atoms with van der Waals surface area (Å²) < 4.78 is 10.8. The molecule has 1 aliphatic rings. The summed E-state index contributed by atoms with van der Waals surface area (Å²) in [5, 5.41) is 15.5. The Morgan fingerprint density at radius 3 is 2.34 bits per heavy atom. The Hall–Kier alpha value is -3.58. The van der Waals surface area contributed by atoms with Gasteiger partial charge in [0.2, 0.25) is 0 Å². The summed E-state index contributed by atoms with van der Waals surface area (Å²) in [6.45, 7) is 5.51. The maximum Gasteiger partial charge on any atom is 0.301 e. The Labute approximate surface area is 189 Å². The van der Waals surface area contributed by atoms with E-state index in [1.165, 1.54) is 4.90 Å². The van der Waals surface area contributed by atoms with Crippen molar-refractivity contribution < 1.29 is 24.0 Å². The molecule has 1 aliphatic heterocycles. The number of benzene rings is 2. The van der Waals surface area contributed by atoms with E-state index in [4.69, 9.17) is 20.9 Å². The highest BCUT2D eigenvalue weighted by molar-refractivity contribution is 6.51. The number of Topliss-reactive ketones (excluding diaryl/α,β-unsaturated/α-hetero) is 1. The number of aliphatic hydroxyl groups is 1. The van der Waals surface area contributed by atoms with Gasteiger partial charge in [-0.2, -0.15) is 0 Å². The van der Waals surface area contributed by atoms with Gasteiger partial charge in [-0.3, -0.25) is 14.5 Å². The third-order valence-corrected chi connectivity index (χ3v) is 5.24. The molecule has 0 spiro atoms. The van der Waals surface area contributed by atoms with Crippen molar-refractivity contribution in [3.05, 3.63) is 82.1 Å². The number of halogens is 1. The Kier molecular flexibility index (Phi) is 5.76. The van der Waals surface area contributed by atoms with Crippen molar-refractivity contribution >= 4 is 34.9 Å². The minimum Gasteiger partial charge on any atom is -0.507 e. The van der Waals surface area contributed by atoms with Gasteiger partial charge in [-0.1, -0.05) is 28.9 Å². The zero-order valence-electron chi connectivity index (χ0n) is 17.7. The number of nitrogens with zero attached hydrogens (tertiary/aromatic N) is 2. The van der Waals surface area contributed by atoms with Crippen molar-refractivity contribution in [3.8, 4) is 5.75 Å². The van der Waals surface area contributed by atoms with Gasteiger partial charge in [0.05, 0.1) is 17.7 Å². The molecule has 1 atom stereocenters. The largest absolute Gasteiger partial charge is 0.507 e.